The van der Waals surface area contributed by atoms with Crippen LogP contribution in [-0.2, 0) is 11.2 Å². The van der Waals surface area contributed by atoms with Gasteiger partial charge in [0.2, 0.25) is 0 Å². The summed E-state index contributed by atoms with van der Waals surface area (Å²) in [6.07, 6.45) is 9.65. The van der Waals surface area contributed by atoms with Gasteiger partial charge in [0.1, 0.15) is 0 Å². The van der Waals surface area contributed by atoms with Crippen molar-refractivity contribution in [1.82, 2.24) is 0 Å². The first-order valence-electron chi connectivity index (χ1n) is 11.4. The highest BCUT2D eigenvalue weighted by Crippen LogP contribution is 2.23. The Morgan fingerprint density at radius 2 is 1.52 bits per heavy atom. The Hall–Kier alpha value is -2.74. The number of carbonyl (C=O) groups is 2. The molecule has 0 radical (unpaired) electrons. The van der Waals surface area contributed by atoms with E-state index in [0.717, 1.165) is 42.4 Å². The Morgan fingerprint density at radius 3 is 2.16 bits per heavy atom. The summed E-state index contributed by atoms with van der Waals surface area (Å²) in [6, 6.07) is 17.5. The molecule has 2 rings (SSSR count). The van der Waals surface area contributed by atoms with Gasteiger partial charge in [-0.3, -0.25) is 9.59 Å². The maximum atomic E-state index is 12.5. The molecule has 0 aliphatic carbocycles. The first-order valence-corrected chi connectivity index (χ1v) is 11.4. The zero-order valence-corrected chi connectivity index (χ0v) is 19.3. The van der Waals surface area contributed by atoms with Crippen molar-refractivity contribution in [2.75, 3.05) is 0 Å². The maximum Gasteiger partial charge on any atom is 0.193 e. The van der Waals surface area contributed by atoms with Gasteiger partial charge in [0, 0.05) is 17.5 Å². The fourth-order valence-electron chi connectivity index (χ4n) is 3.79. The third kappa shape index (κ3) is 8.49. The highest BCUT2D eigenvalue weighted by molar-refractivity contribution is 6.08. The van der Waals surface area contributed by atoms with E-state index in [-0.39, 0.29) is 11.6 Å². The van der Waals surface area contributed by atoms with Gasteiger partial charge in [0.25, 0.3) is 0 Å². The lowest BCUT2D eigenvalue weighted by molar-refractivity contribution is -0.113. The normalized spacial score (nSPS) is 13.5. The molecule has 31 heavy (non-hydrogen) atoms. The third-order valence-corrected chi connectivity index (χ3v) is 6.14. The fraction of sp³-hybridized carbons (Fsp3) is 0.379. The Balaban J connectivity index is 1.73. The molecule has 0 aliphatic rings. The van der Waals surface area contributed by atoms with E-state index >= 15 is 0 Å². The van der Waals surface area contributed by atoms with Gasteiger partial charge in [0.05, 0.1) is 0 Å². The van der Waals surface area contributed by atoms with Gasteiger partial charge in [-0.25, -0.2) is 0 Å². The number of allylic oxidation sites excluding steroid dienone is 3. The molecule has 0 aliphatic heterocycles. The quantitative estimate of drug-likeness (QED) is 0.194. The molecule has 0 fully saturated rings. The van der Waals surface area contributed by atoms with Gasteiger partial charge in [-0.05, 0) is 56.1 Å². The first kappa shape index (κ1) is 24.5. The van der Waals surface area contributed by atoms with Crippen LogP contribution in [0.15, 0.2) is 78.9 Å². The molecule has 2 atom stereocenters. The highest BCUT2D eigenvalue weighted by Gasteiger charge is 2.12. The zero-order valence-electron chi connectivity index (χ0n) is 19.3. The smallest absolute Gasteiger partial charge is 0.193 e. The Morgan fingerprint density at radius 1 is 0.903 bits per heavy atom. The molecule has 164 valence electrons. The van der Waals surface area contributed by atoms with E-state index in [0.29, 0.717) is 18.3 Å². The predicted molar refractivity (Wildman–Crippen MR) is 130 cm³/mol. The number of hydrogen-bond donors (Lipinski definition) is 0. The SMILES string of the molecule is C=CC(=O)CC(C)=CCCC(C)C(C)CCCc1ccc(C(=O)c2ccccc2)cc1. The molecule has 0 N–H and O–H groups in total. The standard InChI is InChI=1S/C29H36O2/c1-5-28(30)21-22(2)11-9-12-23(3)24(4)13-10-14-25-17-19-27(20-18-25)29(31)26-15-7-6-8-16-26/h5-8,11,15-20,23-24H,1,9-10,12-14,21H2,2-4H3. The van der Waals surface area contributed by atoms with E-state index in [1.54, 1.807) is 0 Å². The molecule has 2 heteroatoms. The molecule has 0 saturated heterocycles. The van der Waals surface area contributed by atoms with Crippen LogP contribution >= 0.6 is 0 Å². The van der Waals surface area contributed by atoms with Crippen molar-refractivity contribution in [2.24, 2.45) is 11.8 Å². The second kappa shape index (κ2) is 12.8. The lowest BCUT2D eigenvalue weighted by Crippen LogP contribution is -2.08. The van der Waals surface area contributed by atoms with Crippen LogP contribution in [0.3, 0.4) is 0 Å². The molecule has 0 amide bonds. The van der Waals surface area contributed by atoms with Crippen molar-refractivity contribution in [2.45, 2.75) is 59.3 Å². The largest absolute Gasteiger partial charge is 0.295 e. The van der Waals surface area contributed by atoms with Crippen LogP contribution in [0.5, 0.6) is 0 Å². The summed E-state index contributed by atoms with van der Waals surface area (Å²) in [4.78, 5) is 23.9. The van der Waals surface area contributed by atoms with E-state index in [4.69, 9.17) is 0 Å². The summed E-state index contributed by atoms with van der Waals surface area (Å²) in [7, 11) is 0. The van der Waals surface area contributed by atoms with Crippen molar-refractivity contribution in [3.8, 4) is 0 Å². The van der Waals surface area contributed by atoms with E-state index in [1.165, 1.54) is 18.1 Å². The Kier molecular flexibility index (Phi) is 10.2. The second-order valence-corrected chi connectivity index (χ2v) is 8.71. The van der Waals surface area contributed by atoms with Gasteiger partial charge in [-0.2, -0.15) is 0 Å². The minimum atomic E-state index is 0.0766. The number of rotatable bonds is 13. The number of aryl methyl sites for hydroxylation is 1. The Bertz CT molecular complexity index is 875. The lowest BCUT2D eigenvalue weighted by atomic mass is 9.87. The van der Waals surface area contributed by atoms with Crippen molar-refractivity contribution in [3.05, 3.63) is 95.6 Å². The predicted octanol–water partition coefficient (Wildman–Crippen LogP) is 7.38. The number of benzene rings is 2. The van der Waals surface area contributed by atoms with Crippen LogP contribution in [0.2, 0.25) is 0 Å². The molecular formula is C29H36O2. The zero-order chi connectivity index (χ0) is 22.6. The minimum absolute atomic E-state index is 0.0766. The summed E-state index contributed by atoms with van der Waals surface area (Å²) >= 11 is 0. The number of carbonyl (C=O) groups excluding carboxylic acids is 2. The number of ketones is 2. The first-order chi connectivity index (χ1) is 14.9. The van der Waals surface area contributed by atoms with Crippen LogP contribution in [0.25, 0.3) is 0 Å². The molecule has 0 saturated carbocycles. The topological polar surface area (TPSA) is 34.1 Å². The summed E-state index contributed by atoms with van der Waals surface area (Å²) in [5.74, 6) is 1.49. The Labute approximate surface area is 188 Å². The number of hydrogen-bond acceptors (Lipinski definition) is 2. The second-order valence-electron chi connectivity index (χ2n) is 8.71. The van der Waals surface area contributed by atoms with E-state index in [9.17, 15) is 9.59 Å². The van der Waals surface area contributed by atoms with Gasteiger partial charge in [-0.1, -0.05) is 93.1 Å². The molecule has 0 heterocycles. The van der Waals surface area contributed by atoms with Crippen LogP contribution < -0.4 is 0 Å². The molecule has 2 nitrogen and oxygen atoms in total. The summed E-state index contributed by atoms with van der Waals surface area (Å²) in [5.41, 5.74) is 3.90. The van der Waals surface area contributed by atoms with Gasteiger partial charge in [0.15, 0.2) is 11.6 Å². The van der Waals surface area contributed by atoms with Crippen LogP contribution in [0.1, 0.15) is 74.4 Å². The van der Waals surface area contributed by atoms with Crippen LogP contribution in [0, 0.1) is 11.8 Å². The lowest BCUT2D eigenvalue weighted by Gasteiger charge is -2.19. The van der Waals surface area contributed by atoms with Gasteiger partial charge < -0.3 is 0 Å². The average Bonchev–Trinajstić information content (AvgIpc) is 2.79. The summed E-state index contributed by atoms with van der Waals surface area (Å²) in [5, 5.41) is 0. The minimum Gasteiger partial charge on any atom is -0.295 e. The maximum absolute atomic E-state index is 12.5. The molecule has 2 unspecified atom stereocenters. The van der Waals surface area contributed by atoms with E-state index < -0.39 is 0 Å². The molecular weight excluding hydrogens is 380 g/mol. The summed E-state index contributed by atoms with van der Waals surface area (Å²) < 4.78 is 0. The molecule has 2 aromatic carbocycles. The average molecular weight is 417 g/mol. The van der Waals surface area contributed by atoms with E-state index in [2.05, 4.69) is 38.6 Å². The molecule has 0 spiro atoms. The fourth-order valence-corrected chi connectivity index (χ4v) is 3.79. The van der Waals surface area contributed by atoms with Crippen molar-refractivity contribution >= 4 is 11.6 Å². The van der Waals surface area contributed by atoms with Gasteiger partial charge >= 0.3 is 0 Å². The van der Waals surface area contributed by atoms with E-state index in [1.807, 2.05) is 49.4 Å². The third-order valence-electron chi connectivity index (χ3n) is 6.14. The van der Waals surface area contributed by atoms with Gasteiger partial charge in [-0.15, -0.1) is 0 Å². The summed E-state index contributed by atoms with van der Waals surface area (Å²) in [6.45, 7) is 10.2. The van der Waals surface area contributed by atoms with Crippen LogP contribution in [0.4, 0.5) is 0 Å². The van der Waals surface area contributed by atoms with Crippen molar-refractivity contribution in [3.63, 3.8) is 0 Å². The molecule has 0 aromatic heterocycles. The molecule has 2 aromatic rings. The van der Waals surface area contributed by atoms with Crippen molar-refractivity contribution < 1.29 is 9.59 Å². The molecule has 0 bridgehead atoms. The monoisotopic (exact) mass is 416 g/mol. The van der Waals surface area contributed by atoms with Crippen molar-refractivity contribution in [1.29, 1.82) is 0 Å². The highest BCUT2D eigenvalue weighted by atomic mass is 16.1. The van der Waals surface area contributed by atoms with Crippen LogP contribution in [-0.4, -0.2) is 11.6 Å².